The Labute approximate surface area is 93.8 Å². The summed E-state index contributed by atoms with van der Waals surface area (Å²) in [5.74, 6) is 0. The van der Waals surface area contributed by atoms with Crippen LogP contribution in [0.2, 0.25) is 0 Å². The van der Waals surface area contributed by atoms with Crippen molar-refractivity contribution >= 4 is 54.8 Å². The fourth-order valence-corrected chi connectivity index (χ4v) is 2.04. The maximum absolute atomic E-state index is 4.93. The van der Waals surface area contributed by atoms with Crippen LogP contribution in [0.4, 0.5) is 5.69 Å². The zero-order valence-corrected chi connectivity index (χ0v) is 10.4. The van der Waals surface area contributed by atoms with Crippen molar-refractivity contribution in [2.75, 3.05) is 5.32 Å². The summed E-state index contributed by atoms with van der Waals surface area (Å²) in [6, 6.07) is 5.90. The van der Waals surface area contributed by atoms with Crippen LogP contribution < -0.4 is 5.32 Å². The summed E-state index contributed by atoms with van der Waals surface area (Å²) in [7, 11) is 0. The normalized spacial score (nSPS) is 9.58. The van der Waals surface area contributed by atoms with Crippen LogP contribution >= 0.6 is 44.1 Å². The minimum Gasteiger partial charge on any atom is -0.349 e. The number of anilines is 1. The van der Waals surface area contributed by atoms with E-state index in [1.54, 1.807) is 0 Å². The van der Waals surface area contributed by atoms with Gasteiger partial charge in [0, 0.05) is 8.95 Å². The number of hydrogen-bond donors (Lipinski definition) is 1. The predicted molar refractivity (Wildman–Crippen MR) is 63.7 cm³/mol. The Morgan fingerprint density at radius 3 is 2.58 bits per heavy atom. The Morgan fingerprint density at radius 1 is 1.42 bits per heavy atom. The molecule has 1 nitrogen and oxygen atoms in total. The van der Waals surface area contributed by atoms with Gasteiger partial charge in [-0.3, -0.25) is 0 Å². The van der Waals surface area contributed by atoms with Gasteiger partial charge < -0.3 is 5.32 Å². The lowest BCUT2D eigenvalue weighted by atomic mass is 10.3. The van der Waals surface area contributed by atoms with Gasteiger partial charge in [-0.25, -0.2) is 0 Å². The summed E-state index contributed by atoms with van der Waals surface area (Å²) in [5.41, 5.74) is 0.991. The van der Waals surface area contributed by atoms with Gasteiger partial charge in [-0.1, -0.05) is 28.1 Å². The highest BCUT2D eigenvalue weighted by Gasteiger charge is 1.99. The third kappa shape index (κ3) is 2.84. The average molecular weight is 309 g/mol. The fourth-order valence-electron chi connectivity index (χ4n) is 0.780. The molecule has 0 bridgehead atoms. The Morgan fingerprint density at radius 2 is 2.08 bits per heavy atom. The van der Waals surface area contributed by atoms with Crippen molar-refractivity contribution in [1.29, 1.82) is 0 Å². The highest BCUT2D eigenvalue weighted by atomic mass is 79.9. The molecule has 0 radical (unpaired) electrons. The summed E-state index contributed by atoms with van der Waals surface area (Å²) in [4.78, 5) is 0.762. The second kappa shape index (κ2) is 4.35. The van der Waals surface area contributed by atoms with E-state index in [1.165, 1.54) is 0 Å². The van der Waals surface area contributed by atoms with Gasteiger partial charge in [0.05, 0.1) is 10.7 Å². The first kappa shape index (κ1) is 10.2. The zero-order valence-electron chi connectivity index (χ0n) is 6.40. The van der Waals surface area contributed by atoms with E-state index < -0.39 is 0 Å². The van der Waals surface area contributed by atoms with Crippen LogP contribution in [0.25, 0.3) is 0 Å². The first-order valence-electron chi connectivity index (χ1n) is 3.32. The number of benzene rings is 1. The first-order valence-corrected chi connectivity index (χ1v) is 5.31. The van der Waals surface area contributed by atoms with Crippen LogP contribution in [0, 0.1) is 0 Å². The summed E-state index contributed by atoms with van der Waals surface area (Å²) in [5, 5.41) is 3.06. The molecule has 64 valence electrons. The van der Waals surface area contributed by atoms with E-state index in [-0.39, 0.29) is 0 Å². The largest absolute Gasteiger partial charge is 0.349 e. The number of hydrogen-bond acceptors (Lipinski definition) is 1. The molecular formula is C8H7Br2NS. The van der Waals surface area contributed by atoms with E-state index >= 15 is 0 Å². The lowest BCUT2D eigenvalue weighted by Gasteiger charge is -2.06. The third-order valence-corrected chi connectivity index (χ3v) is 2.49. The molecule has 0 unspecified atom stereocenters. The monoisotopic (exact) mass is 307 g/mol. The molecule has 0 saturated heterocycles. The maximum Gasteiger partial charge on any atom is 0.0766 e. The average Bonchev–Trinajstić information content (AvgIpc) is 1.94. The third-order valence-electron chi connectivity index (χ3n) is 1.24. The van der Waals surface area contributed by atoms with Crippen LogP contribution in [-0.4, -0.2) is 4.99 Å². The summed E-state index contributed by atoms with van der Waals surface area (Å²) in [6.07, 6.45) is 0. The van der Waals surface area contributed by atoms with E-state index in [0.717, 1.165) is 19.6 Å². The van der Waals surface area contributed by atoms with Crippen molar-refractivity contribution in [3.8, 4) is 0 Å². The Kier molecular flexibility index (Phi) is 3.68. The van der Waals surface area contributed by atoms with Gasteiger partial charge >= 0.3 is 0 Å². The zero-order chi connectivity index (χ0) is 9.14. The van der Waals surface area contributed by atoms with Crippen LogP contribution in [0.15, 0.2) is 27.1 Å². The molecule has 0 aliphatic heterocycles. The molecule has 0 aromatic heterocycles. The summed E-state index contributed by atoms with van der Waals surface area (Å²) >= 11 is 11.7. The van der Waals surface area contributed by atoms with Crippen molar-refractivity contribution in [3.63, 3.8) is 0 Å². The molecule has 0 atom stereocenters. The highest BCUT2D eigenvalue weighted by Crippen LogP contribution is 2.25. The lowest BCUT2D eigenvalue weighted by Crippen LogP contribution is -2.03. The minimum absolute atomic E-state index is 0.762. The van der Waals surface area contributed by atoms with Gasteiger partial charge in [0.1, 0.15) is 0 Å². The molecule has 4 heteroatoms. The second-order valence-electron chi connectivity index (χ2n) is 2.31. The number of rotatable bonds is 1. The quantitative estimate of drug-likeness (QED) is 0.788. The lowest BCUT2D eigenvalue weighted by molar-refractivity contribution is 1.56. The van der Waals surface area contributed by atoms with Crippen LogP contribution in [0.3, 0.4) is 0 Å². The number of halogens is 2. The smallest absolute Gasteiger partial charge is 0.0766 e. The Hall–Kier alpha value is 0.0700. The molecule has 0 aliphatic rings. The molecular weight excluding hydrogens is 302 g/mol. The van der Waals surface area contributed by atoms with Crippen molar-refractivity contribution in [3.05, 3.63) is 27.1 Å². The van der Waals surface area contributed by atoms with Gasteiger partial charge in [0.2, 0.25) is 0 Å². The van der Waals surface area contributed by atoms with Crippen LogP contribution in [0.5, 0.6) is 0 Å². The van der Waals surface area contributed by atoms with E-state index in [1.807, 2.05) is 25.1 Å². The number of thiocarbonyl (C=S) groups is 1. The Bertz CT molecular complexity index is 312. The summed E-state index contributed by atoms with van der Waals surface area (Å²) in [6.45, 7) is 1.85. The van der Waals surface area contributed by atoms with Crippen LogP contribution in [-0.2, 0) is 0 Å². The van der Waals surface area contributed by atoms with Gasteiger partial charge in [-0.2, -0.15) is 0 Å². The molecule has 1 aromatic rings. The molecule has 0 amide bonds. The van der Waals surface area contributed by atoms with Gasteiger partial charge in [0.25, 0.3) is 0 Å². The van der Waals surface area contributed by atoms with E-state index in [2.05, 4.69) is 37.2 Å². The van der Waals surface area contributed by atoms with Gasteiger partial charge in [-0.05, 0) is 41.1 Å². The molecule has 0 aliphatic carbocycles. The minimum atomic E-state index is 0.762. The molecule has 0 fully saturated rings. The van der Waals surface area contributed by atoms with Gasteiger partial charge in [0.15, 0.2) is 0 Å². The standard InChI is InChI=1S/C8H7Br2NS/c1-5(12)11-8-3-2-6(9)4-7(8)10/h2-4H,1H3,(H,11,12). The van der Waals surface area contributed by atoms with E-state index in [4.69, 9.17) is 12.2 Å². The second-order valence-corrected chi connectivity index (χ2v) is 4.69. The first-order chi connectivity index (χ1) is 5.59. The molecule has 12 heavy (non-hydrogen) atoms. The maximum atomic E-state index is 4.93. The van der Waals surface area contributed by atoms with Crippen molar-refractivity contribution < 1.29 is 0 Å². The SMILES string of the molecule is CC(=S)Nc1ccc(Br)cc1Br. The highest BCUT2D eigenvalue weighted by molar-refractivity contribution is 9.11. The molecule has 0 heterocycles. The molecule has 0 spiro atoms. The van der Waals surface area contributed by atoms with Crippen molar-refractivity contribution in [1.82, 2.24) is 0 Å². The predicted octanol–water partition coefficient (Wildman–Crippen LogP) is 3.97. The summed E-state index contributed by atoms with van der Waals surface area (Å²) < 4.78 is 2.04. The molecule has 0 saturated carbocycles. The fraction of sp³-hybridized carbons (Fsp3) is 0.125. The molecule has 1 rings (SSSR count). The van der Waals surface area contributed by atoms with Crippen LogP contribution in [0.1, 0.15) is 6.92 Å². The van der Waals surface area contributed by atoms with Crippen molar-refractivity contribution in [2.45, 2.75) is 6.92 Å². The Balaban J connectivity index is 2.93. The van der Waals surface area contributed by atoms with E-state index in [0.29, 0.717) is 0 Å². The molecule has 1 aromatic carbocycles. The topological polar surface area (TPSA) is 12.0 Å². The van der Waals surface area contributed by atoms with Gasteiger partial charge in [-0.15, -0.1) is 0 Å². The van der Waals surface area contributed by atoms with Crippen molar-refractivity contribution in [2.24, 2.45) is 0 Å². The van der Waals surface area contributed by atoms with E-state index in [9.17, 15) is 0 Å². The molecule has 1 N–H and O–H groups in total. The number of nitrogens with one attached hydrogen (secondary N) is 1.